The largest absolute Gasteiger partial charge is 0.494 e. The average molecular weight is 277 g/mol. The SMILES string of the molecule is CCCCCOc1ccc(CNCC2(C)COC2)cc1. The third-order valence-corrected chi connectivity index (χ3v) is 3.72. The minimum absolute atomic E-state index is 0.336. The first kappa shape index (κ1) is 15.3. The number of rotatable bonds is 9. The van der Waals surface area contributed by atoms with E-state index in [1.165, 1.54) is 18.4 Å². The maximum absolute atomic E-state index is 5.71. The Bertz CT molecular complexity index is 384. The van der Waals surface area contributed by atoms with E-state index in [1.54, 1.807) is 0 Å². The summed E-state index contributed by atoms with van der Waals surface area (Å²) < 4.78 is 11.0. The molecule has 0 aliphatic carbocycles. The number of ether oxygens (including phenoxy) is 2. The lowest BCUT2D eigenvalue weighted by Gasteiger charge is -2.38. The van der Waals surface area contributed by atoms with E-state index >= 15 is 0 Å². The quantitative estimate of drug-likeness (QED) is 0.702. The molecule has 20 heavy (non-hydrogen) atoms. The van der Waals surface area contributed by atoms with Crippen molar-refractivity contribution in [3.8, 4) is 5.75 Å². The molecule has 0 amide bonds. The van der Waals surface area contributed by atoms with Crippen LogP contribution >= 0.6 is 0 Å². The standard InChI is InChI=1S/C17H27NO2/c1-3-4-5-10-20-16-8-6-15(7-9-16)11-18-12-17(2)13-19-14-17/h6-9,18H,3-5,10-14H2,1-2H3. The van der Waals surface area contributed by atoms with Gasteiger partial charge in [0.2, 0.25) is 0 Å². The van der Waals surface area contributed by atoms with E-state index in [0.29, 0.717) is 5.41 Å². The highest BCUT2D eigenvalue weighted by Crippen LogP contribution is 2.25. The molecule has 0 saturated carbocycles. The van der Waals surface area contributed by atoms with Crippen molar-refractivity contribution in [2.24, 2.45) is 5.41 Å². The zero-order valence-electron chi connectivity index (χ0n) is 12.8. The molecule has 1 heterocycles. The van der Waals surface area contributed by atoms with Gasteiger partial charge in [0.25, 0.3) is 0 Å². The molecule has 1 aromatic carbocycles. The van der Waals surface area contributed by atoms with Crippen LogP contribution in [0.5, 0.6) is 5.75 Å². The summed E-state index contributed by atoms with van der Waals surface area (Å²) in [7, 11) is 0. The molecular formula is C17H27NO2. The van der Waals surface area contributed by atoms with Gasteiger partial charge in [0.05, 0.1) is 19.8 Å². The van der Waals surface area contributed by atoms with Crippen LogP contribution in [0, 0.1) is 5.41 Å². The van der Waals surface area contributed by atoms with Gasteiger partial charge in [0, 0.05) is 18.5 Å². The van der Waals surface area contributed by atoms with Crippen LogP contribution in [0.4, 0.5) is 0 Å². The monoisotopic (exact) mass is 277 g/mol. The molecule has 0 aromatic heterocycles. The van der Waals surface area contributed by atoms with Crippen molar-refractivity contribution < 1.29 is 9.47 Å². The normalized spacial score (nSPS) is 16.7. The highest BCUT2D eigenvalue weighted by molar-refractivity contribution is 5.27. The van der Waals surface area contributed by atoms with Crippen molar-refractivity contribution in [3.63, 3.8) is 0 Å². The van der Waals surface area contributed by atoms with Crippen LogP contribution in [0.25, 0.3) is 0 Å². The Morgan fingerprint density at radius 3 is 2.55 bits per heavy atom. The first-order valence-corrected chi connectivity index (χ1v) is 7.72. The zero-order chi connectivity index (χ0) is 14.3. The van der Waals surface area contributed by atoms with E-state index in [-0.39, 0.29) is 0 Å². The van der Waals surface area contributed by atoms with Gasteiger partial charge in [-0.15, -0.1) is 0 Å². The molecule has 112 valence electrons. The summed E-state index contributed by atoms with van der Waals surface area (Å²) in [6, 6.07) is 8.41. The fourth-order valence-electron chi connectivity index (χ4n) is 2.31. The second-order valence-electron chi connectivity index (χ2n) is 6.11. The summed E-state index contributed by atoms with van der Waals surface area (Å²) >= 11 is 0. The molecule has 0 bridgehead atoms. The van der Waals surface area contributed by atoms with Gasteiger partial charge >= 0.3 is 0 Å². The van der Waals surface area contributed by atoms with Gasteiger partial charge in [0.1, 0.15) is 5.75 Å². The molecule has 3 nitrogen and oxygen atoms in total. The predicted molar refractivity (Wildman–Crippen MR) is 82.1 cm³/mol. The van der Waals surface area contributed by atoms with Crippen LogP contribution in [0.2, 0.25) is 0 Å². The topological polar surface area (TPSA) is 30.5 Å². The molecule has 0 unspecified atom stereocenters. The summed E-state index contributed by atoms with van der Waals surface area (Å²) in [5.41, 5.74) is 1.64. The Kier molecular flexibility index (Phi) is 5.86. The fourth-order valence-corrected chi connectivity index (χ4v) is 2.31. The summed E-state index contributed by atoms with van der Waals surface area (Å²) in [4.78, 5) is 0. The summed E-state index contributed by atoms with van der Waals surface area (Å²) in [6.45, 7) is 8.97. The molecule has 1 saturated heterocycles. The average Bonchev–Trinajstić information content (AvgIpc) is 2.43. The molecule has 1 fully saturated rings. The third-order valence-electron chi connectivity index (χ3n) is 3.72. The van der Waals surface area contributed by atoms with Crippen molar-refractivity contribution in [2.45, 2.75) is 39.7 Å². The lowest BCUT2D eigenvalue weighted by atomic mass is 9.89. The van der Waals surface area contributed by atoms with Gasteiger partial charge in [-0.2, -0.15) is 0 Å². The highest BCUT2D eigenvalue weighted by atomic mass is 16.5. The van der Waals surface area contributed by atoms with Crippen molar-refractivity contribution in [3.05, 3.63) is 29.8 Å². The zero-order valence-corrected chi connectivity index (χ0v) is 12.8. The van der Waals surface area contributed by atoms with Crippen LogP contribution in [-0.4, -0.2) is 26.4 Å². The van der Waals surface area contributed by atoms with Crippen LogP contribution in [-0.2, 0) is 11.3 Å². The van der Waals surface area contributed by atoms with Gasteiger partial charge in [0.15, 0.2) is 0 Å². The molecule has 0 radical (unpaired) electrons. The smallest absolute Gasteiger partial charge is 0.119 e. The second-order valence-corrected chi connectivity index (χ2v) is 6.11. The van der Waals surface area contributed by atoms with Crippen LogP contribution in [0.15, 0.2) is 24.3 Å². The number of hydrogen-bond acceptors (Lipinski definition) is 3. The molecular weight excluding hydrogens is 250 g/mol. The van der Waals surface area contributed by atoms with Crippen LogP contribution < -0.4 is 10.1 Å². The molecule has 1 aliphatic heterocycles. The van der Waals surface area contributed by atoms with Crippen molar-refractivity contribution in [1.82, 2.24) is 5.32 Å². The van der Waals surface area contributed by atoms with Gasteiger partial charge in [-0.3, -0.25) is 0 Å². The third kappa shape index (κ3) is 4.80. The van der Waals surface area contributed by atoms with Gasteiger partial charge in [-0.1, -0.05) is 38.8 Å². The van der Waals surface area contributed by atoms with E-state index in [4.69, 9.17) is 9.47 Å². The second kappa shape index (κ2) is 7.65. The molecule has 3 heteroatoms. The number of nitrogens with one attached hydrogen (secondary N) is 1. The Labute approximate surface area is 122 Å². The Hall–Kier alpha value is -1.06. The van der Waals surface area contributed by atoms with E-state index in [9.17, 15) is 0 Å². The first-order chi connectivity index (χ1) is 9.72. The molecule has 1 aliphatic rings. The van der Waals surface area contributed by atoms with E-state index < -0.39 is 0 Å². The Morgan fingerprint density at radius 1 is 1.20 bits per heavy atom. The minimum atomic E-state index is 0.336. The van der Waals surface area contributed by atoms with Gasteiger partial charge in [-0.25, -0.2) is 0 Å². The number of benzene rings is 1. The molecule has 1 N–H and O–H groups in total. The molecule has 2 rings (SSSR count). The summed E-state index contributed by atoms with van der Waals surface area (Å²) in [5.74, 6) is 0.976. The van der Waals surface area contributed by atoms with Gasteiger partial charge < -0.3 is 14.8 Å². The number of unbranched alkanes of at least 4 members (excludes halogenated alkanes) is 2. The minimum Gasteiger partial charge on any atom is -0.494 e. The highest BCUT2D eigenvalue weighted by Gasteiger charge is 2.32. The predicted octanol–water partition coefficient (Wildman–Crippen LogP) is 3.38. The van der Waals surface area contributed by atoms with Crippen LogP contribution in [0.1, 0.15) is 38.7 Å². The lowest BCUT2D eigenvalue weighted by Crippen LogP contribution is -2.47. The van der Waals surface area contributed by atoms with Crippen molar-refractivity contribution in [1.29, 1.82) is 0 Å². The summed E-state index contributed by atoms with van der Waals surface area (Å²) in [6.07, 6.45) is 3.61. The summed E-state index contributed by atoms with van der Waals surface area (Å²) in [5, 5.41) is 3.50. The molecule has 0 spiro atoms. The van der Waals surface area contributed by atoms with Crippen molar-refractivity contribution in [2.75, 3.05) is 26.4 Å². The Morgan fingerprint density at radius 2 is 1.95 bits per heavy atom. The van der Waals surface area contributed by atoms with Crippen LogP contribution in [0.3, 0.4) is 0 Å². The number of hydrogen-bond donors (Lipinski definition) is 1. The van der Waals surface area contributed by atoms with E-state index in [1.807, 2.05) is 0 Å². The first-order valence-electron chi connectivity index (χ1n) is 7.72. The maximum atomic E-state index is 5.71. The maximum Gasteiger partial charge on any atom is 0.119 e. The Balaban J connectivity index is 1.65. The fraction of sp³-hybridized carbons (Fsp3) is 0.647. The molecule has 1 aromatic rings. The van der Waals surface area contributed by atoms with Gasteiger partial charge in [-0.05, 0) is 24.1 Å². The lowest BCUT2D eigenvalue weighted by molar-refractivity contribution is -0.0991. The van der Waals surface area contributed by atoms with Crippen molar-refractivity contribution >= 4 is 0 Å². The molecule has 0 atom stereocenters. The van der Waals surface area contributed by atoms with E-state index in [0.717, 1.165) is 45.1 Å². The van der Waals surface area contributed by atoms with E-state index in [2.05, 4.69) is 43.4 Å².